The Bertz CT molecular complexity index is 386. The van der Waals surface area contributed by atoms with Gasteiger partial charge in [0.2, 0.25) is 0 Å². The predicted octanol–water partition coefficient (Wildman–Crippen LogP) is 0.559. The number of aryl methyl sites for hydroxylation is 1. The molecule has 6 nitrogen and oxygen atoms in total. The van der Waals surface area contributed by atoms with Crippen LogP contribution in [0.2, 0.25) is 0 Å². The molecule has 0 aliphatic heterocycles. The van der Waals surface area contributed by atoms with E-state index in [1.54, 1.807) is 19.9 Å². The van der Waals surface area contributed by atoms with Crippen LogP contribution in [-0.2, 0) is 4.79 Å². The number of rotatable bonds is 5. The Balaban J connectivity index is 2.38. The van der Waals surface area contributed by atoms with Crippen LogP contribution in [0, 0.1) is 12.8 Å². The van der Waals surface area contributed by atoms with Crippen LogP contribution in [0.1, 0.15) is 29.5 Å². The number of aromatic amines is 1. The molecule has 1 unspecified atom stereocenters. The first-order valence-electron chi connectivity index (χ1n) is 5.01. The third-order valence-corrected chi connectivity index (χ3v) is 2.07. The van der Waals surface area contributed by atoms with Crippen LogP contribution in [0.25, 0.3) is 0 Å². The van der Waals surface area contributed by atoms with Gasteiger partial charge in [0.05, 0.1) is 0 Å². The number of hydrogen-bond acceptors (Lipinski definition) is 3. The number of carboxylic acids is 1. The first kappa shape index (κ1) is 12.2. The summed E-state index contributed by atoms with van der Waals surface area (Å²) in [6, 6.07) is 1.64. The maximum atomic E-state index is 11.5. The van der Waals surface area contributed by atoms with Crippen LogP contribution in [0.3, 0.4) is 0 Å². The van der Waals surface area contributed by atoms with Gasteiger partial charge in [0.1, 0.15) is 5.69 Å². The fourth-order valence-corrected chi connectivity index (χ4v) is 1.26. The Morgan fingerprint density at radius 1 is 1.62 bits per heavy atom. The van der Waals surface area contributed by atoms with Gasteiger partial charge in [0.25, 0.3) is 5.91 Å². The Morgan fingerprint density at radius 3 is 2.81 bits per heavy atom. The molecular weight excluding hydrogens is 210 g/mol. The minimum atomic E-state index is -0.864. The van der Waals surface area contributed by atoms with E-state index in [2.05, 4.69) is 15.5 Å². The molecule has 6 heteroatoms. The standard InChI is InChI=1S/C10H15N3O3/c1-6(3-9(14)15)5-11-10(16)8-4-7(2)12-13-8/h4,6H,3,5H2,1-2H3,(H,11,16)(H,12,13)(H,14,15). The summed E-state index contributed by atoms with van der Waals surface area (Å²) in [6.45, 7) is 3.90. The first-order valence-corrected chi connectivity index (χ1v) is 5.01. The van der Waals surface area contributed by atoms with Crippen LogP contribution >= 0.6 is 0 Å². The van der Waals surface area contributed by atoms with Crippen molar-refractivity contribution in [3.63, 3.8) is 0 Å². The van der Waals surface area contributed by atoms with E-state index in [-0.39, 0.29) is 18.2 Å². The quantitative estimate of drug-likeness (QED) is 0.682. The van der Waals surface area contributed by atoms with Crippen molar-refractivity contribution >= 4 is 11.9 Å². The number of aromatic nitrogens is 2. The third-order valence-electron chi connectivity index (χ3n) is 2.07. The normalized spacial score (nSPS) is 12.1. The second kappa shape index (κ2) is 5.29. The minimum Gasteiger partial charge on any atom is -0.481 e. The van der Waals surface area contributed by atoms with Crippen LogP contribution in [-0.4, -0.2) is 33.7 Å². The molecular formula is C10H15N3O3. The van der Waals surface area contributed by atoms with Gasteiger partial charge in [-0.05, 0) is 18.9 Å². The molecule has 0 saturated heterocycles. The Morgan fingerprint density at radius 2 is 2.31 bits per heavy atom. The van der Waals surface area contributed by atoms with Crippen molar-refractivity contribution < 1.29 is 14.7 Å². The van der Waals surface area contributed by atoms with E-state index in [0.29, 0.717) is 12.2 Å². The highest BCUT2D eigenvalue weighted by Crippen LogP contribution is 2.01. The number of hydrogen-bond donors (Lipinski definition) is 3. The Hall–Kier alpha value is -1.85. The fraction of sp³-hybridized carbons (Fsp3) is 0.500. The zero-order valence-electron chi connectivity index (χ0n) is 9.28. The summed E-state index contributed by atoms with van der Waals surface area (Å²) >= 11 is 0. The van der Waals surface area contributed by atoms with Gasteiger partial charge in [-0.3, -0.25) is 14.7 Å². The lowest BCUT2D eigenvalue weighted by Gasteiger charge is -2.08. The van der Waals surface area contributed by atoms with Gasteiger partial charge < -0.3 is 10.4 Å². The number of amides is 1. The summed E-state index contributed by atoms with van der Waals surface area (Å²) in [5.41, 5.74) is 1.13. The predicted molar refractivity (Wildman–Crippen MR) is 57.1 cm³/mol. The molecule has 1 aromatic heterocycles. The molecule has 1 atom stereocenters. The van der Waals surface area contributed by atoms with Crippen LogP contribution in [0.15, 0.2) is 6.07 Å². The van der Waals surface area contributed by atoms with Crippen LogP contribution in [0.4, 0.5) is 0 Å². The van der Waals surface area contributed by atoms with E-state index < -0.39 is 5.97 Å². The summed E-state index contributed by atoms with van der Waals surface area (Å²) in [5, 5.41) is 17.6. The molecule has 1 aromatic rings. The maximum Gasteiger partial charge on any atom is 0.303 e. The van der Waals surface area contributed by atoms with Crippen molar-refractivity contribution in [3.05, 3.63) is 17.5 Å². The Labute approximate surface area is 93.1 Å². The van der Waals surface area contributed by atoms with E-state index in [9.17, 15) is 9.59 Å². The maximum absolute atomic E-state index is 11.5. The molecule has 16 heavy (non-hydrogen) atoms. The zero-order valence-corrected chi connectivity index (χ0v) is 9.28. The number of nitrogens with zero attached hydrogens (tertiary/aromatic N) is 1. The van der Waals surface area contributed by atoms with Crippen LogP contribution in [0.5, 0.6) is 0 Å². The lowest BCUT2D eigenvalue weighted by molar-refractivity contribution is -0.137. The number of carbonyl (C=O) groups excluding carboxylic acids is 1. The number of nitrogens with one attached hydrogen (secondary N) is 2. The van der Waals surface area contributed by atoms with Crippen molar-refractivity contribution in [2.45, 2.75) is 20.3 Å². The molecule has 0 bridgehead atoms. The molecule has 0 radical (unpaired) electrons. The summed E-state index contributed by atoms with van der Waals surface area (Å²) in [6.07, 6.45) is 0.0415. The van der Waals surface area contributed by atoms with Crippen LogP contribution < -0.4 is 5.32 Å². The molecule has 0 aromatic carbocycles. The van der Waals surface area contributed by atoms with E-state index in [4.69, 9.17) is 5.11 Å². The first-order chi connectivity index (χ1) is 7.49. The average molecular weight is 225 g/mol. The molecule has 0 aliphatic carbocycles. The Kier molecular flexibility index (Phi) is 4.04. The van der Waals surface area contributed by atoms with Gasteiger partial charge in [-0.1, -0.05) is 6.92 Å². The number of aliphatic carboxylic acids is 1. The van der Waals surface area contributed by atoms with Gasteiger partial charge in [-0.25, -0.2) is 0 Å². The van der Waals surface area contributed by atoms with Gasteiger partial charge in [0, 0.05) is 18.7 Å². The van der Waals surface area contributed by atoms with Crippen molar-refractivity contribution in [2.24, 2.45) is 5.92 Å². The monoisotopic (exact) mass is 225 g/mol. The summed E-state index contributed by atoms with van der Waals surface area (Å²) in [5.74, 6) is -1.25. The zero-order chi connectivity index (χ0) is 12.1. The summed E-state index contributed by atoms with van der Waals surface area (Å²) in [7, 11) is 0. The molecule has 0 saturated carbocycles. The van der Waals surface area contributed by atoms with E-state index >= 15 is 0 Å². The highest BCUT2D eigenvalue weighted by molar-refractivity contribution is 5.92. The summed E-state index contributed by atoms with van der Waals surface area (Å²) < 4.78 is 0. The molecule has 1 rings (SSSR count). The fourth-order valence-electron chi connectivity index (χ4n) is 1.26. The van der Waals surface area contributed by atoms with Gasteiger partial charge in [-0.15, -0.1) is 0 Å². The van der Waals surface area contributed by atoms with Crippen molar-refractivity contribution in [1.29, 1.82) is 0 Å². The van der Waals surface area contributed by atoms with Crippen molar-refractivity contribution in [2.75, 3.05) is 6.54 Å². The van der Waals surface area contributed by atoms with E-state index in [1.807, 2.05) is 0 Å². The SMILES string of the molecule is Cc1cc(C(=O)NCC(C)CC(=O)O)n[nH]1. The molecule has 1 heterocycles. The second-order valence-corrected chi connectivity index (χ2v) is 3.85. The number of carboxylic acid groups (broad SMARTS) is 1. The lowest BCUT2D eigenvalue weighted by Crippen LogP contribution is -2.29. The number of carbonyl (C=O) groups is 2. The third kappa shape index (κ3) is 3.72. The molecule has 1 amide bonds. The highest BCUT2D eigenvalue weighted by atomic mass is 16.4. The molecule has 88 valence electrons. The molecule has 0 aliphatic rings. The topological polar surface area (TPSA) is 95.1 Å². The van der Waals surface area contributed by atoms with Gasteiger partial charge in [-0.2, -0.15) is 5.10 Å². The van der Waals surface area contributed by atoms with Gasteiger partial charge >= 0.3 is 5.97 Å². The highest BCUT2D eigenvalue weighted by Gasteiger charge is 2.12. The average Bonchev–Trinajstić information content (AvgIpc) is 2.60. The number of H-pyrrole nitrogens is 1. The largest absolute Gasteiger partial charge is 0.481 e. The molecule has 0 spiro atoms. The van der Waals surface area contributed by atoms with Crippen molar-refractivity contribution in [3.8, 4) is 0 Å². The van der Waals surface area contributed by atoms with Gasteiger partial charge in [0.15, 0.2) is 0 Å². The van der Waals surface area contributed by atoms with E-state index in [1.165, 1.54) is 0 Å². The minimum absolute atomic E-state index is 0.0415. The molecule has 3 N–H and O–H groups in total. The lowest BCUT2D eigenvalue weighted by atomic mass is 10.1. The molecule has 0 fully saturated rings. The van der Waals surface area contributed by atoms with Crippen molar-refractivity contribution in [1.82, 2.24) is 15.5 Å². The second-order valence-electron chi connectivity index (χ2n) is 3.85. The smallest absolute Gasteiger partial charge is 0.303 e. The van der Waals surface area contributed by atoms with E-state index in [0.717, 1.165) is 5.69 Å². The summed E-state index contributed by atoms with van der Waals surface area (Å²) in [4.78, 5) is 21.9.